The molecule has 0 aliphatic heterocycles. The summed E-state index contributed by atoms with van der Waals surface area (Å²) in [7, 11) is 3.08. The summed E-state index contributed by atoms with van der Waals surface area (Å²) in [5, 5.41) is 10.9. The first-order valence-corrected chi connectivity index (χ1v) is 10.6. The second kappa shape index (κ2) is 11.6. The third-order valence-corrected chi connectivity index (χ3v) is 3.33. The van der Waals surface area contributed by atoms with E-state index in [1.807, 2.05) is 71.9 Å². The Labute approximate surface area is 170 Å². The first-order valence-electron chi connectivity index (χ1n) is 8.54. The predicted molar refractivity (Wildman–Crippen MR) is 100 cm³/mol. The molecular weight excluding hydrogens is 524 g/mol. The average Bonchev–Trinajstić information content (AvgIpc) is 2.56. The first kappa shape index (κ1) is 25.8. The summed E-state index contributed by atoms with van der Waals surface area (Å²) in [4.78, 5) is 18.0. The minimum atomic E-state index is -2.08. The Morgan fingerprint density at radius 2 is 1.44 bits per heavy atom. The molecule has 0 radical (unpaired) electrons. The number of carbonyl (C=O) groups excluding carboxylic acids is 1. The topological polar surface area (TPSA) is 91.9 Å². The normalized spacial score (nSPS) is 13.8. The molecule has 0 bridgehead atoms. The Bertz CT molecular complexity index is 606. The maximum absolute atomic E-state index is 12.9. The Balaban J connectivity index is 0.00000210. The van der Waals surface area contributed by atoms with Gasteiger partial charge in [-0.05, 0) is 0 Å². The third-order valence-electron chi connectivity index (χ3n) is 3.33. The number of likely N-dealkylation sites (N-methyl/N-ethyl adjacent to an activating group) is 1. The first-order chi connectivity index (χ1) is 12.4. The Hall–Kier alpha value is -1.19. The Morgan fingerprint density at radius 3 is 1.81 bits per heavy atom. The summed E-state index contributed by atoms with van der Waals surface area (Å²) in [6.07, 6.45) is 0. The molecule has 1 amide bonds. The van der Waals surface area contributed by atoms with Gasteiger partial charge in [-0.2, -0.15) is 0 Å². The third kappa shape index (κ3) is 10.7. The summed E-state index contributed by atoms with van der Waals surface area (Å²) in [6.45, 7) is 12.0. The number of hydroxylamine groups is 2. The molecule has 1 rings (SSSR count). The van der Waals surface area contributed by atoms with Gasteiger partial charge in [-0.25, -0.2) is 5.06 Å². The van der Waals surface area contributed by atoms with Crippen LogP contribution in [0.3, 0.4) is 0 Å². The van der Waals surface area contributed by atoms with Gasteiger partial charge in [0.2, 0.25) is 5.91 Å². The van der Waals surface area contributed by atoms with Gasteiger partial charge in [0, 0.05) is 7.05 Å². The quantitative estimate of drug-likeness (QED) is 0.492. The van der Waals surface area contributed by atoms with E-state index >= 15 is 0 Å². The number of hydrogen-bond acceptors (Lipinski definition) is 4. The average molecular weight is 556 g/mol. The molecular formula is C19H31N3O4Os. The Kier molecular flexibility index (Phi) is 11.1. The van der Waals surface area contributed by atoms with E-state index in [4.69, 9.17) is 22.5 Å². The maximum atomic E-state index is 12.9. The van der Waals surface area contributed by atoms with Gasteiger partial charge in [-0.15, -0.1) is 17.1 Å². The van der Waals surface area contributed by atoms with Gasteiger partial charge in [0.25, 0.3) is 0 Å². The van der Waals surface area contributed by atoms with Crippen molar-refractivity contribution in [3.63, 3.8) is 0 Å². The van der Waals surface area contributed by atoms with E-state index in [-0.39, 0.29) is 23.0 Å². The van der Waals surface area contributed by atoms with Gasteiger partial charge in [-0.3, -0.25) is 9.63 Å². The molecule has 0 heterocycles. The number of hydrogen-bond donors (Lipinski definition) is 0. The molecule has 1 aromatic carbocycles. The van der Waals surface area contributed by atoms with Crippen molar-refractivity contribution in [2.45, 2.75) is 64.7 Å². The van der Waals surface area contributed by atoms with E-state index in [2.05, 4.69) is 0 Å². The Morgan fingerprint density at radius 1 is 1.00 bits per heavy atom. The molecule has 0 saturated heterocycles. The number of nitrogens with zero attached hydrogens (tertiary/aromatic N) is 3. The van der Waals surface area contributed by atoms with Gasteiger partial charge in [0.15, 0.2) is 0 Å². The van der Waals surface area contributed by atoms with Crippen molar-refractivity contribution < 1.29 is 34.0 Å². The van der Waals surface area contributed by atoms with E-state index in [1.54, 1.807) is 7.05 Å². The van der Waals surface area contributed by atoms with Crippen molar-refractivity contribution in [2.75, 3.05) is 14.2 Å². The van der Waals surface area contributed by atoms with Crippen molar-refractivity contribution in [1.82, 2.24) is 5.06 Å². The fourth-order valence-electron chi connectivity index (χ4n) is 2.35. The van der Waals surface area contributed by atoms with Crippen molar-refractivity contribution in [3.8, 4) is 0 Å². The van der Waals surface area contributed by atoms with Crippen LogP contribution in [0, 0.1) is 0 Å². The molecule has 27 heavy (non-hydrogen) atoms. The number of benzene rings is 1. The van der Waals surface area contributed by atoms with Crippen LogP contribution in [0.4, 0.5) is 0 Å². The molecule has 7 nitrogen and oxygen atoms in total. The van der Waals surface area contributed by atoms with Crippen LogP contribution < -0.4 is 0 Å². The van der Waals surface area contributed by atoms with E-state index < -0.39 is 23.4 Å². The fourth-order valence-corrected chi connectivity index (χ4v) is 2.35. The van der Waals surface area contributed by atoms with Crippen molar-refractivity contribution >= 4 is 5.91 Å². The molecule has 0 spiro atoms. The zero-order valence-corrected chi connectivity index (χ0v) is 19.9. The van der Waals surface area contributed by atoms with Crippen molar-refractivity contribution in [1.29, 1.82) is 0 Å². The van der Waals surface area contributed by atoms with Crippen molar-refractivity contribution in [3.05, 3.63) is 46.5 Å². The summed E-state index contributed by atoms with van der Waals surface area (Å²) >= 11 is -2.08. The zero-order chi connectivity index (χ0) is 21.3. The summed E-state index contributed by atoms with van der Waals surface area (Å²) < 4.78 is 17.0. The molecule has 0 aliphatic carbocycles. The summed E-state index contributed by atoms with van der Waals surface area (Å²) in [6, 6.07) is 8.85. The van der Waals surface area contributed by atoms with Crippen LogP contribution in [-0.4, -0.2) is 42.2 Å². The molecule has 0 fully saturated rings. The van der Waals surface area contributed by atoms with Crippen LogP contribution in [0.2, 0.25) is 0 Å². The number of amides is 1. The van der Waals surface area contributed by atoms with Gasteiger partial charge in [0.05, 0.1) is 7.11 Å². The standard InChI is InChI=1S/C19H31N3O2.2O.Os/c1-18(2,3)20-15(14-12-10-9-11-13-14)16(21-19(4,5)6)17(23)22(7)24-8;;;/h9-13,15-16H,1-8H3;;;/q-2;;;+2/t15-,16+;;;/m0.../s1. The molecule has 1 aromatic rings. The van der Waals surface area contributed by atoms with Gasteiger partial charge < -0.3 is 10.6 Å². The van der Waals surface area contributed by atoms with Gasteiger partial charge >= 0.3 is 24.4 Å². The molecule has 154 valence electrons. The van der Waals surface area contributed by atoms with Crippen LogP contribution in [0.15, 0.2) is 30.3 Å². The van der Waals surface area contributed by atoms with Crippen LogP contribution >= 0.6 is 0 Å². The van der Waals surface area contributed by atoms with E-state index in [0.717, 1.165) is 5.56 Å². The van der Waals surface area contributed by atoms with Crippen LogP contribution in [-0.2, 0) is 34.0 Å². The number of rotatable bonds is 6. The fraction of sp³-hybridized carbons (Fsp3) is 0.632. The van der Waals surface area contributed by atoms with Crippen LogP contribution in [0.1, 0.15) is 53.1 Å². The molecule has 0 aliphatic rings. The minimum absolute atomic E-state index is 0.200. The summed E-state index contributed by atoms with van der Waals surface area (Å²) in [5.41, 5.74) is 0.316. The van der Waals surface area contributed by atoms with E-state index in [0.29, 0.717) is 0 Å². The molecule has 0 saturated carbocycles. The molecule has 8 heteroatoms. The van der Waals surface area contributed by atoms with Gasteiger partial charge in [-0.1, -0.05) is 83.5 Å². The van der Waals surface area contributed by atoms with Gasteiger partial charge in [0.1, 0.15) is 0 Å². The van der Waals surface area contributed by atoms with Crippen LogP contribution in [0.25, 0.3) is 10.6 Å². The van der Waals surface area contributed by atoms with E-state index in [9.17, 15) is 4.79 Å². The SMILES string of the molecule is CON(C)C(=O)[C@H]([N-]C(C)(C)C)[C@@H]([N-]C(C)(C)C)c1ccccc1.[O]=[Os+2]=[O]. The van der Waals surface area contributed by atoms with E-state index in [1.165, 1.54) is 12.2 Å². The monoisotopic (exact) mass is 557 g/mol. The zero-order valence-electron chi connectivity index (χ0n) is 17.4. The second-order valence-corrected chi connectivity index (χ2v) is 8.40. The van der Waals surface area contributed by atoms with Crippen LogP contribution in [0.5, 0.6) is 0 Å². The summed E-state index contributed by atoms with van der Waals surface area (Å²) in [5.74, 6) is -0.200. The number of carbonyl (C=O) groups is 1. The molecule has 0 aromatic heterocycles. The molecule has 0 unspecified atom stereocenters. The predicted octanol–water partition coefficient (Wildman–Crippen LogP) is 4.22. The van der Waals surface area contributed by atoms with Crippen molar-refractivity contribution in [2.24, 2.45) is 0 Å². The molecule has 0 N–H and O–H groups in total. The second-order valence-electron chi connectivity index (χ2n) is 7.98. The molecule has 2 atom stereocenters.